The van der Waals surface area contributed by atoms with E-state index in [-0.39, 0.29) is 0 Å². The number of rotatable bonds is 2. The Labute approximate surface area is 59.2 Å². The zero-order chi connectivity index (χ0) is 7.40. The van der Waals surface area contributed by atoms with Gasteiger partial charge in [0, 0.05) is 12.4 Å². The molecule has 1 heterocycles. The summed E-state index contributed by atoms with van der Waals surface area (Å²) in [6.45, 7) is 2.29. The van der Waals surface area contributed by atoms with Crippen LogP contribution in [0.4, 0.5) is 0 Å². The van der Waals surface area contributed by atoms with E-state index in [1.54, 1.807) is 19.3 Å². The van der Waals surface area contributed by atoms with E-state index in [4.69, 9.17) is 5.73 Å². The minimum absolute atomic E-state index is 0.537. The number of aliphatic imine (C=N–C) groups is 1. The molecule has 1 rings (SSSR count). The summed E-state index contributed by atoms with van der Waals surface area (Å²) >= 11 is 0. The van der Waals surface area contributed by atoms with E-state index >= 15 is 0 Å². The summed E-state index contributed by atoms with van der Waals surface area (Å²) in [5.41, 5.74) is 5.32. The molecule has 3 N–H and O–H groups in total. The second kappa shape index (κ2) is 3.00. The molecule has 0 atom stereocenters. The molecule has 1 aromatic rings. The molecule has 0 spiro atoms. The lowest BCUT2D eigenvalue weighted by molar-refractivity contribution is 0.945. The number of hydrogen-bond donors (Lipinski definition) is 2. The highest BCUT2D eigenvalue weighted by Crippen LogP contribution is 1.89. The van der Waals surface area contributed by atoms with Crippen molar-refractivity contribution in [3.8, 4) is 0 Å². The Morgan fingerprint density at radius 2 is 2.70 bits per heavy atom. The highest BCUT2D eigenvalue weighted by molar-refractivity contribution is 5.77. The van der Waals surface area contributed by atoms with Crippen molar-refractivity contribution in [2.45, 2.75) is 13.5 Å². The molecule has 54 valence electrons. The maximum absolute atomic E-state index is 5.32. The maximum atomic E-state index is 5.32. The van der Waals surface area contributed by atoms with Gasteiger partial charge in [0.15, 0.2) is 0 Å². The zero-order valence-corrected chi connectivity index (χ0v) is 5.83. The van der Waals surface area contributed by atoms with Crippen LogP contribution in [-0.4, -0.2) is 15.8 Å². The van der Waals surface area contributed by atoms with Crippen molar-refractivity contribution in [2.75, 3.05) is 0 Å². The third kappa shape index (κ3) is 1.89. The van der Waals surface area contributed by atoms with Crippen molar-refractivity contribution in [2.24, 2.45) is 10.7 Å². The van der Waals surface area contributed by atoms with Crippen molar-refractivity contribution >= 4 is 5.84 Å². The van der Waals surface area contributed by atoms with Gasteiger partial charge in [-0.05, 0) is 6.92 Å². The van der Waals surface area contributed by atoms with Crippen molar-refractivity contribution in [3.63, 3.8) is 0 Å². The van der Waals surface area contributed by atoms with E-state index in [0.717, 1.165) is 5.82 Å². The number of nitrogens with two attached hydrogens (primary N) is 1. The fourth-order valence-corrected chi connectivity index (χ4v) is 0.584. The van der Waals surface area contributed by atoms with Gasteiger partial charge in [0.25, 0.3) is 0 Å². The zero-order valence-electron chi connectivity index (χ0n) is 5.83. The van der Waals surface area contributed by atoms with Gasteiger partial charge in [-0.1, -0.05) is 0 Å². The van der Waals surface area contributed by atoms with Crippen molar-refractivity contribution < 1.29 is 0 Å². The van der Waals surface area contributed by atoms with Crippen LogP contribution < -0.4 is 5.73 Å². The third-order valence-corrected chi connectivity index (χ3v) is 1.03. The molecule has 0 aliphatic heterocycles. The van der Waals surface area contributed by atoms with Crippen LogP contribution in [0.2, 0.25) is 0 Å². The number of imidazole rings is 1. The average molecular weight is 138 g/mol. The van der Waals surface area contributed by atoms with Gasteiger partial charge in [-0.15, -0.1) is 0 Å². The fourth-order valence-electron chi connectivity index (χ4n) is 0.584. The highest BCUT2D eigenvalue weighted by atomic mass is 14.9. The van der Waals surface area contributed by atoms with Gasteiger partial charge >= 0.3 is 0 Å². The number of amidine groups is 1. The molecule has 0 radical (unpaired) electrons. The molecule has 0 aliphatic carbocycles. The summed E-state index contributed by atoms with van der Waals surface area (Å²) in [6.07, 6.45) is 3.45. The molecular formula is C6H10N4. The first-order valence-corrected chi connectivity index (χ1v) is 3.04. The second-order valence-corrected chi connectivity index (χ2v) is 1.99. The lowest BCUT2D eigenvalue weighted by Gasteiger charge is -1.89. The molecule has 0 bridgehead atoms. The fraction of sp³-hybridized carbons (Fsp3) is 0.333. The summed E-state index contributed by atoms with van der Waals surface area (Å²) < 4.78 is 0. The SMILES string of the molecule is CC(N)=NCc1ncc[nH]1. The van der Waals surface area contributed by atoms with Crippen LogP contribution in [0.1, 0.15) is 12.7 Å². The van der Waals surface area contributed by atoms with E-state index in [1.165, 1.54) is 0 Å². The molecule has 4 nitrogen and oxygen atoms in total. The second-order valence-electron chi connectivity index (χ2n) is 1.99. The molecule has 0 aliphatic rings. The minimum atomic E-state index is 0.537. The molecule has 4 heteroatoms. The van der Waals surface area contributed by atoms with Crippen LogP contribution in [0.5, 0.6) is 0 Å². The van der Waals surface area contributed by atoms with E-state index in [1.807, 2.05) is 0 Å². The van der Waals surface area contributed by atoms with Gasteiger partial charge in [0.1, 0.15) is 5.82 Å². The van der Waals surface area contributed by atoms with Crippen LogP contribution in [-0.2, 0) is 6.54 Å². The van der Waals surface area contributed by atoms with E-state index in [0.29, 0.717) is 12.4 Å². The standard InChI is InChI=1S/C6H10N4/c1-5(7)10-4-6-8-2-3-9-6/h2-3H,4H2,1H3,(H2,7,10)(H,8,9). The Morgan fingerprint density at radius 1 is 1.90 bits per heavy atom. The Hall–Kier alpha value is -1.32. The average Bonchev–Trinajstić information content (AvgIpc) is 2.34. The van der Waals surface area contributed by atoms with Crippen molar-refractivity contribution in [3.05, 3.63) is 18.2 Å². The quantitative estimate of drug-likeness (QED) is 0.455. The molecule has 10 heavy (non-hydrogen) atoms. The normalized spacial score (nSPS) is 11.9. The number of H-pyrrole nitrogens is 1. The van der Waals surface area contributed by atoms with Crippen molar-refractivity contribution in [1.29, 1.82) is 0 Å². The first-order chi connectivity index (χ1) is 4.79. The van der Waals surface area contributed by atoms with Crippen LogP contribution in [0.25, 0.3) is 0 Å². The first-order valence-electron chi connectivity index (χ1n) is 3.04. The summed E-state index contributed by atoms with van der Waals surface area (Å²) in [5.74, 6) is 1.42. The van der Waals surface area contributed by atoms with Gasteiger partial charge in [0.2, 0.25) is 0 Å². The molecule has 0 aromatic carbocycles. The molecule has 0 amide bonds. The first kappa shape index (κ1) is 6.80. The number of aromatic nitrogens is 2. The maximum Gasteiger partial charge on any atom is 0.127 e. The van der Waals surface area contributed by atoms with E-state index < -0.39 is 0 Å². The lowest BCUT2D eigenvalue weighted by Crippen LogP contribution is -2.05. The van der Waals surface area contributed by atoms with E-state index in [2.05, 4.69) is 15.0 Å². The van der Waals surface area contributed by atoms with Gasteiger partial charge < -0.3 is 10.7 Å². The van der Waals surface area contributed by atoms with Gasteiger partial charge in [-0.25, -0.2) is 4.98 Å². The molecular weight excluding hydrogens is 128 g/mol. The van der Waals surface area contributed by atoms with Gasteiger partial charge in [-0.2, -0.15) is 0 Å². The van der Waals surface area contributed by atoms with Crippen LogP contribution >= 0.6 is 0 Å². The van der Waals surface area contributed by atoms with Crippen molar-refractivity contribution in [1.82, 2.24) is 9.97 Å². The van der Waals surface area contributed by atoms with Crippen LogP contribution in [0, 0.1) is 0 Å². The Morgan fingerprint density at radius 3 is 3.20 bits per heavy atom. The Kier molecular flexibility index (Phi) is 2.04. The summed E-state index contributed by atoms with van der Waals surface area (Å²) in [5, 5.41) is 0. The predicted molar refractivity (Wildman–Crippen MR) is 39.6 cm³/mol. The number of nitrogens with zero attached hydrogens (tertiary/aromatic N) is 2. The number of hydrogen-bond acceptors (Lipinski definition) is 2. The molecule has 0 saturated heterocycles. The van der Waals surface area contributed by atoms with Gasteiger partial charge in [-0.3, -0.25) is 4.99 Å². The predicted octanol–water partition coefficient (Wildman–Crippen LogP) is 0.287. The third-order valence-electron chi connectivity index (χ3n) is 1.03. The number of nitrogens with one attached hydrogen (secondary N) is 1. The van der Waals surface area contributed by atoms with Gasteiger partial charge in [0.05, 0.1) is 12.4 Å². The monoisotopic (exact) mass is 138 g/mol. The van der Waals surface area contributed by atoms with Crippen LogP contribution in [0.3, 0.4) is 0 Å². The lowest BCUT2D eigenvalue weighted by atomic mass is 10.6. The number of aromatic amines is 1. The molecule has 0 unspecified atom stereocenters. The molecule has 0 fully saturated rings. The topological polar surface area (TPSA) is 67.1 Å². The smallest absolute Gasteiger partial charge is 0.127 e. The summed E-state index contributed by atoms with van der Waals surface area (Å²) in [6, 6.07) is 0. The molecule has 1 aromatic heterocycles. The van der Waals surface area contributed by atoms with Crippen LogP contribution in [0.15, 0.2) is 17.4 Å². The minimum Gasteiger partial charge on any atom is -0.388 e. The summed E-state index contributed by atoms with van der Waals surface area (Å²) in [4.78, 5) is 10.9. The highest BCUT2D eigenvalue weighted by Gasteiger charge is 1.89. The largest absolute Gasteiger partial charge is 0.388 e. The Balaban J connectivity index is 2.49. The summed E-state index contributed by atoms with van der Waals surface area (Å²) in [7, 11) is 0. The molecule has 0 saturated carbocycles. The van der Waals surface area contributed by atoms with E-state index in [9.17, 15) is 0 Å². The Bertz CT molecular complexity index is 208.